The average molecular weight is 351 g/mol. The first-order chi connectivity index (χ1) is 12.7. The number of allylic oxidation sites excluding steroid dienone is 1. The van der Waals surface area contributed by atoms with Crippen molar-refractivity contribution in [2.75, 3.05) is 6.61 Å². The van der Waals surface area contributed by atoms with Crippen molar-refractivity contribution >= 4 is 5.57 Å². The van der Waals surface area contributed by atoms with Gasteiger partial charge in [0.25, 0.3) is 0 Å². The van der Waals surface area contributed by atoms with Crippen molar-refractivity contribution in [1.82, 2.24) is 0 Å². The largest absolute Gasteiger partial charge is 0.395 e. The van der Waals surface area contributed by atoms with Gasteiger partial charge in [0.05, 0.1) is 6.61 Å². The Labute approximate surface area is 158 Å². The van der Waals surface area contributed by atoms with E-state index in [0.29, 0.717) is 17.9 Å². The van der Waals surface area contributed by atoms with Gasteiger partial charge in [-0.05, 0) is 85.2 Å². The SMILES string of the molecule is C[C@]12CCCCC1CC[C@H]1[C@@H]3CC=C(c4ccccc4)[C@@]3(CO)CC[C@@H]12. The van der Waals surface area contributed by atoms with Gasteiger partial charge in [-0.15, -0.1) is 0 Å². The number of aliphatic hydroxyl groups excluding tert-OH is 1. The van der Waals surface area contributed by atoms with Crippen molar-refractivity contribution < 1.29 is 5.11 Å². The lowest BCUT2D eigenvalue weighted by atomic mass is 9.44. The van der Waals surface area contributed by atoms with E-state index in [-0.39, 0.29) is 5.41 Å². The van der Waals surface area contributed by atoms with Crippen LogP contribution in [0.15, 0.2) is 36.4 Å². The van der Waals surface area contributed by atoms with Crippen LogP contribution in [0.1, 0.15) is 70.3 Å². The molecule has 3 fully saturated rings. The normalized spacial score (nSPS) is 44.6. The molecular formula is C25H34O. The maximum atomic E-state index is 10.6. The lowest BCUT2D eigenvalue weighted by Gasteiger charge is -2.60. The van der Waals surface area contributed by atoms with E-state index in [2.05, 4.69) is 43.3 Å². The van der Waals surface area contributed by atoms with Gasteiger partial charge in [-0.3, -0.25) is 0 Å². The van der Waals surface area contributed by atoms with Gasteiger partial charge in [-0.25, -0.2) is 0 Å². The Bertz CT molecular complexity index is 691. The maximum absolute atomic E-state index is 10.6. The molecule has 0 bridgehead atoms. The van der Waals surface area contributed by atoms with E-state index >= 15 is 0 Å². The third-order valence-corrected chi connectivity index (χ3v) is 9.27. The molecule has 5 rings (SSSR count). The second kappa shape index (κ2) is 6.23. The summed E-state index contributed by atoms with van der Waals surface area (Å²) < 4.78 is 0. The van der Waals surface area contributed by atoms with Crippen LogP contribution in [0.25, 0.3) is 5.57 Å². The molecule has 1 heteroatoms. The molecule has 1 unspecified atom stereocenters. The molecule has 4 aliphatic rings. The summed E-state index contributed by atoms with van der Waals surface area (Å²) in [5.41, 5.74) is 3.42. The molecule has 0 heterocycles. The first kappa shape index (κ1) is 17.0. The van der Waals surface area contributed by atoms with Gasteiger partial charge in [-0.2, -0.15) is 0 Å². The summed E-state index contributed by atoms with van der Waals surface area (Å²) in [6, 6.07) is 10.9. The molecule has 1 aromatic rings. The monoisotopic (exact) mass is 350 g/mol. The molecule has 0 radical (unpaired) electrons. The predicted molar refractivity (Wildman–Crippen MR) is 108 cm³/mol. The van der Waals surface area contributed by atoms with Crippen LogP contribution in [0.4, 0.5) is 0 Å². The van der Waals surface area contributed by atoms with Gasteiger partial charge in [0.1, 0.15) is 0 Å². The Kier molecular flexibility index (Phi) is 4.08. The van der Waals surface area contributed by atoms with Gasteiger partial charge >= 0.3 is 0 Å². The van der Waals surface area contributed by atoms with Crippen LogP contribution in [-0.4, -0.2) is 11.7 Å². The van der Waals surface area contributed by atoms with Crippen LogP contribution in [0.5, 0.6) is 0 Å². The van der Waals surface area contributed by atoms with E-state index in [1.165, 1.54) is 68.9 Å². The first-order valence-corrected chi connectivity index (χ1v) is 11.1. The van der Waals surface area contributed by atoms with Gasteiger partial charge in [0.15, 0.2) is 0 Å². The molecule has 0 amide bonds. The molecule has 0 aromatic heterocycles. The van der Waals surface area contributed by atoms with Crippen molar-refractivity contribution in [1.29, 1.82) is 0 Å². The summed E-state index contributed by atoms with van der Waals surface area (Å²) in [6.45, 7) is 2.97. The summed E-state index contributed by atoms with van der Waals surface area (Å²) >= 11 is 0. The molecule has 4 aliphatic carbocycles. The number of rotatable bonds is 2. The van der Waals surface area contributed by atoms with Crippen molar-refractivity contribution in [3.63, 3.8) is 0 Å². The van der Waals surface area contributed by atoms with E-state index in [1.807, 2.05) is 0 Å². The fourth-order valence-electron chi connectivity index (χ4n) is 8.00. The highest BCUT2D eigenvalue weighted by Crippen LogP contribution is 2.67. The zero-order chi connectivity index (χ0) is 17.8. The van der Waals surface area contributed by atoms with Crippen molar-refractivity contribution in [2.45, 2.75) is 64.7 Å². The van der Waals surface area contributed by atoms with E-state index in [4.69, 9.17) is 0 Å². The summed E-state index contributed by atoms with van der Waals surface area (Å²) in [5, 5.41) is 10.6. The minimum atomic E-state index is 0.0282. The molecule has 1 aromatic carbocycles. The van der Waals surface area contributed by atoms with Crippen molar-refractivity contribution in [2.24, 2.45) is 34.5 Å². The fourth-order valence-corrected chi connectivity index (χ4v) is 8.00. The number of benzene rings is 1. The quantitative estimate of drug-likeness (QED) is 0.685. The maximum Gasteiger partial charge on any atom is 0.0530 e. The lowest BCUT2D eigenvalue weighted by Crippen LogP contribution is -2.53. The first-order valence-electron chi connectivity index (χ1n) is 11.1. The van der Waals surface area contributed by atoms with Crippen molar-refractivity contribution in [3.8, 4) is 0 Å². The summed E-state index contributed by atoms with van der Waals surface area (Å²) in [5.74, 6) is 3.37. The Morgan fingerprint density at radius 3 is 2.62 bits per heavy atom. The molecule has 6 atom stereocenters. The van der Waals surface area contributed by atoms with Crippen LogP contribution >= 0.6 is 0 Å². The molecule has 0 saturated heterocycles. The van der Waals surface area contributed by atoms with Gasteiger partial charge in [0, 0.05) is 5.41 Å². The zero-order valence-corrected chi connectivity index (χ0v) is 16.3. The van der Waals surface area contributed by atoms with E-state index in [0.717, 1.165) is 17.8 Å². The highest BCUT2D eigenvalue weighted by Gasteiger charge is 2.59. The van der Waals surface area contributed by atoms with Gasteiger partial charge in [-0.1, -0.05) is 56.2 Å². The van der Waals surface area contributed by atoms with Crippen LogP contribution in [0.3, 0.4) is 0 Å². The fraction of sp³-hybridized carbons (Fsp3) is 0.680. The topological polar surface area (TPSA) is 20.2 Å². The van der Waals surface area contributed by atoms with E-state index in [9.17, 15) is 5.11 Å². The standard InChI is InChI=1S/C25H34O/c1-24-15-6-5-9-19(24)10-11-20-22(24)14-16-25(17-26)21(12-13-23(20)25)18-7-3-2-4-8-18/h2-4,7-8,12,19-20,22-23,26H,5-6,9-11,13-17H2,1H3/t19?,20-,22+,23+,24+,25+/m1/s1. The third kappa shape index (κ3) is 2.25. The molecular weight excluding hydrogens is 316 g/mol. The Morgan fingerprint density at radius 2 is 1.81 bits per heavy atom. The van der Waals surface area contributed by atoms with E-state index in [1.54, 1.807) is 0 Å². The Morgan fingerprint density at radius 1 is 0.962 bits per heavy atom. The van der Waals surface area contributed by atoms with Crippen LogP contribution < -0.4 is 0 Å². The number of hydrogen-bond acceptors (Lipinski definition) is 1. The molecule has 0 spiro atoms. The Hall–Kier alpha value is -1.08. The summed E-state index contributed by atoms with van der Waals surface area (Å²) in [6.07, 6.45) is 14.9. The minimum Gasteiger partial charge on any atom is -0.395 e. The molecule has 140 valence electrons. The lowest BCUT2D eigenvalue weighted by molar-refractivity contribution is -0.107. The third-order valence-electron chi connectivity index (χ3n) is 9.27. The molecule has 26 heavy (non-hydrogen) atoms. The Balaban J connectivity index is 1.49. The summed E-state index contributed by atoms with van der Waals surface area (Å²) in [4.78, 5) is 0. The van der Waals surface area contributed by atoms with Crippen LogP contribution in [-0.2, 0) is 0 Å². The predicted octanol–water partition coefficient (Wildman–Crippen LogP) is 6.09. The molecule has 0 aliphatic heterocycles. The van der Waals surface area contributed by atoms with Gasteiger partial charge in [0.2, 0.25) is 0 Å². The highest BCUT2D eigenvalue weighted by atomic mass is 16.3. The number of fused-ring (bicyclic) bond motifs is 5. The zero-order valence-electron chi connectivity index (χ0n) is 16.3. The van der Waals surface area contributed by atoms with E-state index < -0.39 is 0 Å². The number of aliphatic hydroxyl groups is 1. The molecule has 3 saturated carbocycles. The highest BCUT2D eigenvalue weighted by molar-refractivity contribution is 5.73. The average Bonchev–Trinajstić information content (AvgIpc) is 3.08. The minimum absolute atomic E-state index is 0.0282. The molecule has 1 N–H and O–H groups in total. The van der Waals surface area contributed by atoms with Gasteiger partial charge < -0.3 is 5.11 Å². The molecule has 1 nitrogen and oxygen atoms in total. The van der Waals surface area contributed by atoms with Crippen LogP contribution in [0, 0.1) is 34.5 Å². The van der Waals surface area contributed by atoms with Crippen LogP contribution in [0.2, 0.25) is 0 Å². The number of hydrogen-bond donors (Lipinski definition) is 1. The summed E-state index contributed by atoms with van der Waals surface area (Å²) in [7, 11) is 0. The second-order valence-electron chi connectivity index (χ2n) is 9.98. The second-order valence-corrected chi connectivity index (χ2v) is 9.98. The smallest absolute Gasteiger partial charge is 0.0530 e. The van der Waals surface area contributed by atoms with Crippen molar-refractivity contribution in [3.05, 3.63) is 42.0 Å².